The molecule has 0 N–H and O–H groups in total. The molecule has 0 spiro atoms. The zero-order valence-corrected chi connectivity index (χ0v) is 14.2. The molecule has 1 saturated heterocycles. The number of hydrogen-bond donors (Lipinski definition) is 0. The summed E-state index contributed by atoms with van der Waals surface area (Å²) < 4.78 is 15.9. The van der Waals surface area contributed by atoms with Crippen LogP contribution in [0.2, 0.25) is 0 Å². The number of nitrogens with zero attached hydrogens (tertiary/aromatic N) is 1. The van der Waals surface area contributed by atoms with Gasteiger partial charge in [-0.1, -0.05) is 6.07 Å². The Morgan fingerprint density at radius 1 is 1.17 bits per heavy atom. The summed E-state index contributed by atoms with van der Waals surface area (Å²) >= 11 is 0. The van der Waals surface area contributed by atoms with E-state index in [1.807, 2.05) is 0 Å². The van der Waals surface area contributed by atoms with Gasteiger partial charge in [0.05, 0.1) is 14.2 Å². The number of rotatable bonds is 3. The van der Waals surface area contributed by atoms with Crippen molar-refractivity contribution in [2.45, 2.75) is 38.8 Å². The molecule has 23 heavy (non-hydrogen) atoms. The van der Waals surface area contributed by atoms with Crippen molar-refractivity contribution in [3.8, 4) is 11.5 Å². The number of benzene rings is 1. The van der Waals surface area contributed by atoms with E-state index in [4.69, 9.17) is 14.2 Å². The van der Waals surface area contributed by atoms with Gasteiger partial charge in [-0.05, 0) is 38.5 Å². The van der Waals surface area contributed by atoms with Gasteiger partial charge in [-0.2, -0.15) is 0 Å². The molecule has 0 bridgehead atoms. The van der Waals surface area contributed by atoms with E-state index < -0.39 is 17.7 Å². The average Bonchev–Trinajstić information content (AvgIpc) is 2.86. The van der Waals surface area contributed by atoms with E-state index in [0.717, 1.165) is 0 Å². The molecule has 0 saturated carbocycles. The maximum absolute atomic E-state index is 12.4. The van der Waals surface area contributed by atoms with E-state index in [2.05, 4.69) is 0 Å². The van der Waals surface area contributed by atoms with Crippen LogP contribution in [-0.2, 0) is 9.53 Å². The number of Topliss-reactive ketones (excluding diaryl/α,β-unsaturated/α-hetero) is 1. The Kier molecular flexibility index (Phi) is 4.82. The van der Waals surface area contributed by atoms with Gasteiger partial charge in [0, 0.05) is 13.0 Å². The van der Waals surface area contributed by atoms with E-state index in [1.54, 1.807) is 46.1 Å². The number of amides is 1. The van der Waals surface area contributed by atoms with Gasteiger partial charge >= 0.3 is 6.09 Å². The van der Waals surface area contributed by atoms with Crippen molar-refractivity contribution in [2.75, 3.05) is 20.8 Å². The van der Waals surface area contributed by atoms with E-state index in [0.29, 0.717) is 30.0 Å². The zero-order valence-electron chi connectivity index (χ0n) is 14.2. The molecule has 1 aliphatic heterocycles. The molecule has 0 aromatic heterocycles. The minimum atomic E-state index is -0.648. The van der Waals surface area contributed by atoms with Crippen molar-refractivity contribution in [3.05, 3.63) is 23.8 Å². The topological polar surface area (TPSA) is 65.1 Å². The minimum Gasteiger partial charge on any atom is -0.493 e. The first kappa shape index (κ1) is 17.1. The Balaban J connectivity index is 2.31. The van der Waals surface area contributed by atoms with Gasteiger partial charge in [0.1, 0.15) is 11.6 Å². The number of methoxy groups -OCH3 is 2. The summed E-state index contributed by atoms with van der Waals surface area (Å²) in [5.74, 6) is 1.09. The Morgan fingerprint density at radius 2 is 1.83 bits per heavy atom. The lowest BCUT2D eigenvalue weighted by molar-refractivity contribution is -0.120. The van der Waals surface area contributed by atoms with Crippen LogP contribution in [0.5, 0.6) is 11.5 Å². The first-order valence-electron chi connectivity index (χ1n) is 7.51. The average molecular weight is 321 g/mol. The molecular formula is C17H23NO5. The number of likely N-dealkylation sites (tertiary alicyclic amines) is 1. The van der Waals surface area contributed by atoms with Crippen molar-refractivity contribution in [1.29, 1.82) is 0 Å². The normalized spacial score (nSPS) is 18.0. The van der Waals surface area contributed by atoms with Gasteiger partial charge in [-0.15, -0.1) is 0 Å². The van der Waals surface area contributed by atoms with Gasteiger partial charge in [0.15, 0.2) is 17.3 Å². The Labute approximate surface area is 136 Å². The predicted octanol–water partition coefficient (Wildman–Crippen LogP) is 2.95. The van der Waals surface area contributed by atoms with E-state index in [9.17, 15) is 9.59 Å². The van der Waals surface area contributed by atoms with Gasteiger partial charge in [-0.3, -0.25) is 9.69 Å². The van der Waals surface area contributed by atoms with Crippen LogP contribution in [0.3, 0.4) is 0 Å². The Morgan fingerprint density at radius 3 is 2.39 bits per heavy atom. The lowest BCUT2D eigenvalue weighted by atomic mass is 10.0. The molecule has 6 heteroatoms. The SMILES string of the molecule is COc1ccc(C2C(=O)CCN2C(=O)OC(C)(C)C)cc1OC. The number of carbonyl (C=O) groups excluding carboxylic acids is 2. The van der Waals surface area contributed by atoms with Gasteiger partial charge in [0.25, 0.3) is 0 Å². The third kappa shape index (κ3) is 3.75. The summed E-state index contributed by atoms with van der Waals surface area (Å²) in [4.78, 5) is 26.1. The van der Waals surface area contributed by atoms with Crippen molar-refractivity contribution in [1.82, 2.24) is 4.90 Å². The molecular weight excluding hydrogens is 298 g/mol. The zero-order chi connectivity index (χ0) is 17.2. The monoisotopic (exact) mass is 321 g/mol. The molecule has 1 aliphatic rings. The van der Waals surface area contributed by atoms with E-state index in [-0.39, 0.29) is 5.78 Å². The van der Waals surface area contributed by atoms with E-state index in [1.165, 1.54) is 12.0 Å². The van der Waals surface area contributed by atoms with Crippen LogP contribution < -0.4 is 9.47 Å². The molecule has 0 aliphatic carbocycles. The summed E-state index contributed by atoms with van der Waals surface area (Å²) in [6.07, 6.45) is -0.165. The maximum atomic E-state index is 12.4. The number of carbonyl (C=O) groups is 2. The minimum absolute atomic E-state index is 0.0110. The van der Waals surface area contributed by atoms with Crippen LogP contribution in [0.1, 0.15) is 38.8 Å². The molecule has 126 valence electrons. The molecule has 1 amide bonds. The van der Waals surface area contributed by atoms with Crippen molar-refractivity contribution in [3.63, 3.8) is 0 Å². The molecule has 1 aromatic rings. The maximum Gasteiger partial charge on any atom is 0.411 e. The third-order valence-corrected chi connectivity index (χ3v) is 3.57. The molecule has 0 radical (unpaired) electrons. The van der Waals surface area contributed by atoms with Gasteiger partial charge in [-0.25, -0.2) is 4.79 Å². The van der Waals surface area contributed by atoms with Crippen LogP contribution >= 0.6 is 0 Å². The molecule has 1 aromatic carbocycles. The van der Waals surface area contributed by atoms with E-state index >= 15 is 0 Å². The van der Waals surface area contributed by atoms with Gasteiger partial charge < -0.3 is 14.2 Å². The van der Waals surface area contributed by atoms with Crippen LogP contribution in [0.4, 0.5) is 4.79 Å². The molecule has 6 nitrogen and oxygen atoms in total. The highest BCUT2D eigenvalue weighted by Crippen LogP contribution is 2.35. The molecule has 1 unspecified atom stereocenters. The molecule has 1 fully saturated rings. The summed E-state index contributed by atoms with van der Waals surface area (Å²) in [5.41, 5.74) is 0.0845. The second kappa shape index (κ2) is 6.48. The predicted molar refractivity (Wildman–Crippen MR) is 84.9 cm³/mol. The fraction of sp³-hybridized carbons (Fsp3) is 0.529. The highest BCUT2D eigenvalue weighted by molar-refractivity contribution is 5.91. The van der Waals surface area contributed by atoms with Gasteiger partial charge in [0.2, 0.25) is 0 Å². The first-order chi connectivity index (χ1) is 10.8. The standard InChI is InChI=1S/C17H23NO5/c1-17(2,3)23-16(20)18-9-8-12(19)15(18)11-6-7-13(21-4)14(10-11)22-5/h6-7,10,15H,8-9H2,1-5H3. The highest BCUT2D eigenvalue weighted by Gasteiger charge is 2.39. The Bertz CT molecular complexity index is 605. The van der Waals surface area contributed by atoms with Crippen LogP contribution in [-0.4, -0.2) is 43.1 Å². The number of ketones is 1. The van der Waals surface area contributed by atoms with Crippen LogP contribution in [0.25, 0.3) is 0 Å². The first-order valence-corrected chi connectivity index (χ1v) is 7.51. The largest absolute Gasteiger partial charge is 0.493 e. The second-order valence-corrected chi connectivity index (χ2v) is 6.41. The second-order valence-electron chi connectivity index (χ2n) is 6.41. The smallest absolute Gasteiger partial charge is 0.411 e. The third-order valence-electron chi connectivity index (χ3n) is 3.57. The van der Waals surface area contributed by atoms with Crippen molar-refractivity contribution >= 4 is 11.9 Å². The van der Waals surface area contributed by atoms with Crippen LogP contribution in [0.15, 0.2) is 18.2 Å². The summed E-state index contributed by atoms with van der Waals surface area (Å²) in [5, 5.41) is 0. The fourth-order valence-corrected chi connectivity index (χ4v) is 2.58. The summed E-state index contributed by atoms with van der Waals surface area (Å²) in [7, 11) is 3.08. The van der Waals surface area contributed by atoms with Crippen LogP contribution in [0, 0.1) is 0 Å². The molecule has 1 atom stereocenters. The number of ether oxygens (including phenoxy) is 3. The number of hydrogen-bond acceptors (Lipinski definition) is 5. The Hall–Kier alpha value is -2.24. The lowest BCUT2D eigenvalue weighted by Gasteiger charge is -2.28. The highest BCUT2D eigenvalue weighted by atomic mass is 16.6. The molecule has 1 heterocycles. The lowest BCUT2D eigenvalue weighted by Crippen LogP contribution is -2.37. The summed E-state index contributed by atoms with van der Waals surface area (Å²) in [6, 6.07) is 4.58. The molecule has 2 rings (SSSR count). The quantitative estimate of drug-likeness (QED) is 0.856. The fourth-order valence-electron chi connectivity index (χ4n) is 2.58. The van der Waals surface area contributed by atoms with Crippen molar-refractivity contribution < 1.29 is 23.8 Å². The summed E-state index contributed by atoms with van der Waals surface area (Å²) in [6.45, 7) is 5.75. The van der Waals surface area contributed by atoms with Crippen molar-refractivity contribution in [2.24, 2.45) is 0 Å².